The predicted molar refractivity (Wildman–Crippen MR) is 60.9 cm³/mol. The molecule has 1 rings (SSSR count). The highest BCUT2D eigenvalue weighted by Crippen LogP contribution is 2.55. The SMILES string of the molecule is O=C(/C(F)=C(\F)C(F)(F)C(F)(F)C(F)(F)C(F)(F)F)c1ccccc1. The molecule has 0 unspecified atom stereocenters. The van der Waals surface area contributed by atoms with Gasteiger partial charge in [-0.2, -0.15) is 43.9 Å². The average Bonchev–Trinajstić information content (AvgIpc) is 2.52. The molecule has 0 atom stereocenters. The molecule has 0 aliphatic heterocycles. The van der Waals surface area contributed by atoms with Crippen molar-refractivity contribution >= 4 is 5.78 Å². The zero-order valence-electron chi connectivity index (χ0n) is 11.5. The Balaban J connectivity index is 3.43. The van der Waals surface area contributed by atoms with E-state index in [1.54, 1.807) is 0 Å². The molecular formula is C13H5F11O. The summed E-state index contributed by atoms with van der Waals surface area (Å²) in [4.78, 5) is 11.3. The van der Waals surface area contributed by atoms with Gasteiger partial charge in [0.1, 0.15) is 0 Å². The van der Waals surface area contributed by atoms with Crippen LogP contribution in [-0.2, 0) is 0 Å². The fraction of sp³-hybridized carbons (Fsp3) is 0.308. The van der Waals surface area contributed by atoms with E-state index in [0.717, 1.165) is 24.3 Å². The first-order valence-electron chi connectivity index (χ1n) is 5.94. The Morgan fingerprint density at radius 3 is 1.56 bits per heavy atom. The molecular weight excluding hydrogens is 381 g/mol. The molecule has 0 aliphatic carbocycles. The molecule has 0 aromatic heterocycles. The van der Waals surface area contributed by atoms with Crippen LogP contribution >= 0.6 is 0 Å². The Bertz CT molecular complexity index is 673. The van der Waals surface area contributed by atoms with Gasteiger partial charge in [-0.3, -0.25) is 4.79 Å². The fourth-order valence-corrected chi connectivity index (χ4v) is 1.47. The van der Waals surface area contributed by atoms with Crippen LogP contribution in [0.4, 0.5) is 48.3 Å². The normalized spacial score (nSPS) is 15.0. The zero-order chi connectivity index (χ0) is 19.8. The van der Waals surface area contributed by atoms with E-state index in [0.29, 0.717) is 0 Å². The van der Waals surface area contributed by atoms with Crippen LogP contribution in [0.25, 0.3) is 0 Å². The number of hydrogen-bond acceptors (Lipinski definition) is 1. The van der Waals surface area contributed by atoms with Crippen molar-refractivity contribution in [3.8, 4) is 0 Å². The molecule has 1 aromatic rings. The molecule has 0 saturated carbocycles. The van der Waals surface area contributed by atoms with Crippen molar-refractivity contribution in [2.45, 2.75) is 23.9 Å². The van der Waals surface area contributed by atoms with E-state index in [1.807, 2.05) is 0 Å². The van der Waals surface area contributed by atoms with Crippen molar-refractivity contribution in [1.82, 2.24) is 0 Å². The van der Waals surface area contributed by atoms with Crippen LogP contribution in [0.3, 0.4) is 0 Å². The first kappa shape index (κ1) is 20.9. The van der Waals surface area contributed by atoms with Crippen molar-refractivity contribution in [3.05, 3.63) is 47.5 Å². The molecule has 1 nitrogen and oxygen atoms in total. The van der Waals surface area contributed by atoms with E-state index in [9.17, 15) is 53.1 Å². The van der Waals surface area contributed by atoms with Gasteiger partial charge in [-0.1, -0.05) is 30.3 Å². The molecule has 0 spiro atoms. The van der Waals surface area contributed by atoms with Crippen LogP contribution in [0, 0.1) is 0 Å². The number of allylic oxidation sites excluding steroid dienone is 2. The molecule has 25 heavy (non-hydrogen) atoms. The molecule has 0 heterocycles. The minimum Gasteiger partial charge on any atom is -0.286 e. The van der Waals surface area contributed by atoms with E-state index in [2.05, 4.69) is 0 Å². The predicted octanol–water partition coefficient (Wildman–Crippen LogP) is 5.49. The lowest BCUT2D eigenvalue weighted by atomic mass is 10.0. The zero-order valence-corrected chi connectivity index (χ0v) is 11.5. The van der Waals surface area contributed by atoms with E-state index >= 15 is 0 Å². The summed E-state index contributed by atoms with van der Waals surface area (Å²) in [6.45, 7) is 0. The third kappa shape index (κ3) is 3.33. The number of ketones is 1. The number of halogens is 11. The number of hydrogen-bond donors (Lipinski definition) is 0. The van der Waals surface area contributed by atoms with Gasteiger partial charge in [0.2, 0.25) is 17.4 Å². The second kappa shape index (κ2) is 6.30. The van der Waals surface area contributed by atoms with Crippen molar-refractivity contribution in [2.75, 3.05) is 0 Å². The molecule has 140 valence electrons. The highest BCUT2D eigenvalue weighted by Gasteiger charge is 2.83. The van der Waals surface area contributed by atoms with E-state index in [4.69, 9.17) is 0 Å². The number of carbonyl (C=O) groups is 1. The third-order valence-corrected chi connectivity index (χ3v) is 2.85. The summed E-state index contributed by atoms with van der Waals surface area (Å²) in [5.74, 6) is -31.3. The smallest absolute Gasteiger partial charge is 0.286 e. The van der Waals surface area contributed by atoms with Gasteiger partial charge in [-0.25, -0.2) is 4.39 Å². The second-order valence-corrected chi connectivity index (χ2v) is 4.54. The number of Topliss-reactive ketones (excluding diaryl/α,β-unsaturated/α-hetero) is 1. The van der Waals surface area contributed by atoms with Gasteiger partial charge >= 0.3 is 23.9 Å². The summed E-state index contributed by atoms with van der Waals surface area (Å²) < 4.78 is 140. The number of alkyl halides is 9. The van der Waals surface area contributed by atoms with Crippen LogP contribution in [0.1, 0.15) is 10.4 Å². The minimum atomic E-state index is -7.41. The summed E-state index contributed by atoms with van der Waals surface area (Å²) in [6, 6.07) is 4.76. The van der Waals surface area contributed by atoms with Crippen molar-refractivity contribution in [3.63, 3.8) is 0 Å². The molecule has 0 aliphatic rings. The first-order valence-corrected chi connectivity index (χ1v) is 5.94. The van der Waals surface area contributed by atoms with Crippen LogP contribution in [0.5, 0.6) is 0 Å². The van der Waals surface area contributed by atoms with Crippen molar-refractivity contribution < 1.29 is 53.1 Å². The summed E-state index contributed by atoms with van der Waals surface area (Å²) in [5.41, 5.74) is -0.836. The molecule has 0 fully saturated rings. The van der Waals surface area contributed by atoms with Gasteiger partial charge < -0.3 is 0 Å². The molecule has 0 bridgehead atoms. The quantitative estimate of drug-likeness (QED) is 0.372. The van der Waals surface area contributed by atoms with Gasteiger partial charge in [-0.15, -0.1) is 0 Å². The van der Waals surface area contributed by atoms with Crippen LogP contribution in [0.15, 0.2) is 42.0 Å². The van der Waals surface area contributed by atoms with Crippen LogP contribution in [0.2, 0.25) is 0 Å². The topological polar surface area (TPSA) is 17.1 Å². The van der Waals surface area contributed by atoms with E-state index in [1.165, 1.54) is 6.07 Å². The van der Waals surface area contributed by atoms with Crippen molar-refractivity contribution in [2.24, 2.45) is 0 Å². The van der Waals surface area contributed by atoms with E-state index < -0.39 is 46.9 Å². The molecule has 1 aromatic carbocycles. The van der Waals surface area contributed by atoms with Gasteiger partial charge in [0.15, 0.2) is 0 Å². The number of carbonyl (C=O) groups excluding carboxylic acids is 1. The van der Waals surface area contributed by atoms with Gasteiger partial charge in [-0.05, 0) is 0 Å². The maximum absolute atomic E-state index is 13.4. The van der Waals surface area contributed by atoms with Crippen molar-refractivity contribution in [1.29, 1.82) is 0 Å². The minimum absolute atomic E-state index is 0.732. The Hall–Kier alpha value is -2.14. The molecule has 0 N–H and O–H groups in total. The molecule has 0 amide bonds. The molecule has 12 heteroatoms. The van der Waals surface area contributed by atoms with Gasteiger partial charge in [0, 0.05) is 5.56 Å². The van der Waals surface area contributed by atoms with Gasteiger partial charge in [0.05, 0.1) is 0 Å². The number of rotatable bonds is 5. The summed E-state index contributed by atoms with van der Waals surface area (Å²) >= 11 is 0. The average molecular weight is 386 g/mol. The Morgan fingerprint density at radius 2 is 1.16 bits per heavy atom. The highest BCUT2D eigenvalue weighted by molar-refractivity contribution is 6.07. The standard InChI is InChI=1S/C13H5F11O/c14-7(8(25)6-4-2-1-3-5-6)9(15)10(16,17)11(18,19)12(20,21)13(22,23)24/h1-5H/b9-7+. The van der Waals surface area contributed by atoms with E-state index in [-0.39, 0.29) is 0 Å². The lowest BCUT2D eigenvalue weighted by Gasteiger charge is -2.32. The maximum atomic E-state index is 13.4. The summed E-state index contributed by atoms with van der Waals surface area (Å²) in [7, 11) is 0. The second-order valence-electron chi connectivity index (χ2n) is 4.54. The molecule has 0 radical (unpaired) electrons. The number of benzene rings is 1. The molecule has 0 saturated heterocycles. The lowest BCUT2D eigenvalue weighted by molar-refractivity contribution is -0.391. The van der Waals surface area contributed by atoms with Crippen LogP contribution in [-0.4, -0.2) is 29.7 Å². The van der Waals surface area contributed by atoms with Crippen LogP contribution < -0.4 is 0 Å². The Kier molecular flexibility index (Phi) is 5.27. The Morgan fingerprint density at radius 1 is 0.720 bits per heavy atom. The largest absolute Gasteiger partial charge is 0.460 e. The summed E-state index contributed by atoms with van der Waals surface area (Å²) in [5, 5.41) is 0. The fourth-order valence-electron chi connectivity index (χ4n) is 1.47. The maximum Gasteiger partial charge on any atom is 0.460 e. The van der Waals surface area contributed by atoms with Gasteiger partial charge in [0.25, 0.3) is 0 Å². The lowest BCUT2D eigenvalue weighted by Crippen LogP contribution is -2.61. The monoisotopic (exact) mass is 386 g/mol. The Labute approximate surface area is 131 Å². The highest BCUT2D eigenvalue weighted by atomic mass is 19.4. The third-order valence-electron chi connectivity index (χ3n) is 2.85. The first-order chi connectivity index (χ1) is 11.1. The summed E-state index contributed by atoms with van der Waals surface area (Å²) in [6.07, 6.45) is -7.19.